The van der Waals surface area contributed by atoms with Gasteiger partial charge in [0, 0.05) is 28.3 Å². The first-order chi connectivity index (χ1) is 13.3. The van der Waals surface area contributed by atoms with Crippen LogP contribution in [0.4, 0.5) is 0 Å². The van der Waals surface area contributed by atoms with Crippen molar-refractivity contribution in [2.45, 2.75) is 12.8 Å². The van der Waals surface area contributed by atoms with Gasteiger partial charge in [0.2, 0.25) is 0 Å². The monoisotopic (exact) mass is 348 g/mol. The highest BCUT2D eigenvalue weighted by atomic mass is 16.3. The topological polar surface area (TPSA) is 26.3 Å². The second kappa shape index (κ2) is 6.20. The van der Waals surface area contributed by atoms with E-state index in [0.717, 1.165) is 57.4 Å². The largest absolute Gasteiger partial charge is 0.460 e. The summed E-state index contributed by atoms with van der Waals surface area (Å²) in [6.45, 7) is 3.77. The summed E-state index contributed by atoms with van der Waals surface area (Å²) in [6.07, 6.45) is 11.9. The zero-order valence-electron chi connectivity index (χ0n) is 14.9. The molecule has 0 atom stereocenters. The summed E-state index contributed by atoms with van der Waals surface area (Å²) in [5.74, 6) is 1.85. The van der Waals surface area contributed by atoms with E-state index < -0.39 is 0 Å². The molecule has 0 unspecified atom stereocenters. The molecule has 5 rings (SSSR count). The molecule has 1 aliphatic carbocycles. The molecule has 4 aromatic rings. The van der Waals surface area contributed by atoms with Gasteiger partial charge in [0.1, 0.15) is 30.5 Å². The van der Waals surface area contributed by atoms with Gasteiger partial charge in [-0.1, -0.05) is 60.6 Å². The third kappa shape index (κ3) is 2.50. The van der Waals surface area contributed by atoms with Crippen LogP contribution in [0.5, 0.6) is 0 Å². The molecule has 27 heavy (non-hydrogen) atoms. The van der Waals surface area contributed by atoms with Crippen LogP contribution in [-0.4, -0.2) is 7.85 Å². The van der Waals surface area contributed by atoms with E-state index in [1.807, 2.05) is 42.5 Å². The predicted molar refractivity (Wildman–Crippen MR) is 113 cm³/mol. The third-order valence-electron chi connectivity index (χ3n) is 5.05. The summed E-state index contributed by atoms with van der Waals surface area (Å²) >= 11 is 0. The van der Waals surface area contributed by atoms with Gasteiger partial charge in [-0.3, -0.25) is 0 Å². The van der Waals surface area contributed by atoms with Gasteiger partial charge in [0.05, 0.1) is 0 Å². The molecule has 0 aliphatic heterocycles. The number of aryl methyl sites for hydroxylation is 1. The van der Waals surface area contributed by atoms with Gasteiger partial charge in [-0.2, -0.15) is 0 Å². The van der Waals surface area contributed by atoms with Crippen LogP contribution in [0.1, 0.15) is 23.5 Å². The molecule has 2 aromatic heterocycles. The Balaban J connectivity index is 1.89. The Morgan fingerprint density at radius 3 is 2.89 bits per heavy atom. The lowest BCUT2D eigenvalue weighted by atomic mass is 9.91. The molecular formula is C24H17BO2. The van der Waals surface area contributed by atoms with Crippen molar-refractivity contribution in [3.8, 4) is 11.1 Å². The first-order valence-electron chi connectivity index (χ1n) is 9.08. The number of fused-ring (bicyclic) bond motifs is 4. The maximum atomic E-state index is 6.15. The molecule has 2 heterocycles. The fraction of sp³-hybridized carbons (Fsp3) is 0.0833. The fourth-order valence-corrected chi connectivity index (χ4v) is 3.89. The summed E-state index contributed by atoms with van der Waals surface area (Å²) in [5, 5.41) is 2.17. The van der Waals surface area contributed by atoms with Crippen LogP contribution in [0, 0.1) is 0 Å². The minimum Gasteiger partial charge on any atom is -0.460 e. The minimum atomic E-state index is 0.684. The van der Waals surface area contributed by atoms with E-state index in [-0.39, 0.29) is 0 Å². The van der Waals surface area contributed by atoms with Gasteiger partial charge < -0.3 is 8.83 Å². The normalized spacial score (nSPS) is 13.6. The van der Waals surface area contributed by atoms with E-state index in [1.165, 1.54) is 5.56 Å². The second-order valence-corrected chi connectivity index (χ2v) is 6.75. The quantitative estimate of drug-likeness (QED) is 0.346. The van der Waals surface area contributed by atoms with Gasteiger partial charge in [0.25, 0.3) is 0 Å². The summed E-state index contributed by atoms with van der Waals surface area (Å²) in [4.78, 5) is 0. The summed E-state index contributed by atoms with van der Waals surface area (Å²) < 4.78 is 12.3. The number of allylic oxidation sites excluding steroid dienone is 3. The van der Waals surface area contributed by atoms with Crippen molar-refractivity contribution in [3.05, 3.63) is 78.3 Å². The van der Waals surface area contributed by atoms with Crippen LogP contribution in [0.15, 0.2) is 70.0 Å². The Morgan fingerprint density at radius 2 is 2.00 bits per heavy atom. The van der Waals surface area contributed by atoms with E-state index in [2.05, 4.69) is 24.8 Å². The Bertz CT molecular complexity index is 1250. The Labute approximate surface area is 158 Å². The van der Waals surface area contributed by atoms with Crippen molar-refractivity contribution >= 4 is 47.4 Å². The lowest BCUT2D eigenvalue weighted by molar-refractivity contribution is 0.546. The van der Waals surface area contributed by atoms with Crippen LogP contribution >= 0.6 is 0 Å². The molecule has 0 saturated carbocycles. The molecule has 0 saturated heterocycles. The standard InChI is InChI=1S/C24H17BO2/c1-2-3-9-20-24(17-13-12-15(25)14-22(17)27-20)18-8-6-11-21-23(18)16-7-4-5-10-19(16)26-21/h2-4,6-9,11-14H,1,5,10H2/b9-3-. The molecule has 2 aromatic carbocycles. The number of hydrogen-bond acceptors (Lipinski definition) is 2. The maximum Gasteiger partial charge on any atom is 0.136 e. The maximum absolute atomic E-state index is 6.15. The predicted octanol–water partition coefficient (Wildman–Crippen LogP) is 5.80. The third-order valence-corrected chi connectivity index (χ3v) is 5.05. The van der Waals surface area contributed by atoms with Crippen molar-refractivity contribution in [1.29, 1.82) is 0 Å². The van der Waals surface area contributed by atoms with E-state index in [0.29, 0.717) is 5.46 Å². The second-order valence-electron chi connectivity index (χ2n) is 6.75. The highest BCUT2D eigenvalue weighted by Crippen LogP contribution is 2.42. The van der Waals surface area contributed by atoms with E-state index in [4.69, 9.17) is 16.7 Å². The first-order valence-corrected chi connectivity index (χ1v) is 9.08. The van der Waals surface area contributed by atoms with Crippen LogP contribution in [0.3, 0.4) is 0 Å². The van der Waals surface area contributed by atoms with Crippen LogP contribution in [0.2, 0.25) is 0 Å². The molecule has 128 valence electrons. The van der Waals surface area contributed by atoms with Gasteiger partial charge >= 0.3 is 0 Å². The summed E-state index contributed by atoms with van der Waals surface area (Å²) in [7, 11) is 5.97. The molecule has 0 spiro atoms. The highest BCUT2D eigenvalue weighted by Gasteiger charge is 2.22. The Kier molecular flexibility index (Phi) is 3.68. The summed E-state index contributed by atoms with van der Waals surface area (Å²) in [6, 6.07) is 12.0. The first kappa shape index (κ1) is 16.0. The molecule has 0 amide bonds. The smallest absolute Gasteiger partial charge is 0.136 e. The van der Waals surface area contributed by atoms with Crippen LogP contribution in [0.25, 0.3) is 45.2 Å². The molecular weight excluding hydrogens is 331 g/mol. The molecule has 0 fully saturated rings. The summed E-state index contributed by atoms with van der Waals surface area (Å²) in [5.41, 5.74) is 5.71. The molecule has 1 aliphatic rings. The average molecular weight is 348 g/mol. The molecule has 2 nitrogen and oxygen atoms in total. The molecule has 2 radical (unpaired) electrons. The molecule has 3 heteroatoms. The minimum absolute atomic E-state index is 0.684. The van der Waals surface area contributed by atoms with Gasteiger partial charge in [-0.05, 0) is 30.2 Å². The highest BCUT2D eigenvalue weighted by molar-refractivity contribution is 6.33. The Hall–Kier alpha value is -3.20. The number of furan rings is 2. The van der Waals surface area contributed by atoms with E-state index >= 15 is 0 Å². The number of rotatable bonds is 3. The van der Waals surface area contributed by atoms with Gasteiger partial charge in [-0.25, -0.2) is 0 Å². The molecule has 0 bridgehead atoms. The SMILES string of the molecule is [B]c1ccc2c(-c3cccc4oc5c(c34)C=CCC5)c(/C=C\C=C)oc2c1. The average Bonchev–Trinajstić information content (AvgIpc) is 3.23. The number of benzene rings is 2. The van der Waals surface area contributed by atoms with E-state index in [1.54, 1.807) is 6.08 Å². The lowest BCUT2D eigenvalue weighted by Crippen LogP contribution is -1.98. The van der Waals surface area contributed by atoms with Crippen molar-refractivity contribution in [1.82, 2.24) is 0 Å². The van der Waals surface area contributed by atoms with Crippen molar-refractivity contribution in [2.24, 2.45) is 0 Å². The van der Waals surface area contributed by atoms with Crippen molar-refractivity contribution in [3.63, 3.8) is 0 Å². The van der Waals surface area contributed by atoms with Gasteiger partial charge in [0.15, 0.2) is 0 Å². The van der Waals surface area contributed by atoms with Crippen molar-refractivity contribution in [2.75, 3.05) is 0 Å². The van der Waals surface area contributed by atoms with E-state index in [9.17, 15) is 0 Å². The van der Waals surface area contributed by atoms with Crippen LogP contribution < -0.4 is 5.46 Å². The fourth-order valence-electron chi connectivity index (χ4n) is 3.89. The van der Waals surface area contributed by atoms with Crippen LogP contribution in [-0.2, 0) is 6.42 Å². The number of hydrogen-bond donors (Lipinski definition) is 0. The van der Waals surface area contributed by atoms with Gasteiger partial charge in [-0.15, -0.1) is 0 Å². The zero-order chi connectivity index (χ0) is 18.4. The zero-order valence-corrected chi connectivity index (χ0v) is 14.9. The van der Waals surface area contributed by atoms with Crippen molar-refractivity contribution < 1.29 is 8.83 Å². The lowest BCUT2D eigenvalue weighted by Gasteiger charge is -2.06. The Morgan fingerprint density at radius 1 is 1.07 bits per heavy atom. The molecule has 0 N–H and O–H groups in total.